The average molecular weight is 337 g/mol. The third-order valence-corrected chi connectivity index (χ3v) is 4.32. The quantitative estimate of drug-likeness (QED) is 0.782. The molecule has 0 radical (unpaired) electrons. The molecule has 1 amide bonds. The second kappa shape index (κ2) is 5.94. The summed E-state index contributed by atoms with van der Waals surface area (Å²) < 4.78 is 6.15. The van der Waals surface area contributed by atoms with Gasteiger partial charge in [-0.1, -0.05) is 18.2 Å². The first-order chi connectivity index (χ1) is 12.1. The van der Waals surface area contributed by atoms with Crippen LogP contribution in [-0.2, 0) is 13.0 Å². The molecule has 0 spiro atoms. The maximum atomic E-state index is 12.9. The van der Waals surface area contributed by atoms with E-state index < -0.39 is 17.2 Å². The number of amides is 1. The highest BCUT2D eigenvalue weighted by atomic mass is 16.3. The Balaban J connectivity index is 1.73. The van der Waals surface area contributed by atoms with Crippen molar-refractivity contribution in [1.82, 2.24) is 9.55 Å². The van der Waals surface area contributed by atoms with Gasteiger partial charge in [0.1, 0.15) is 11.3 Å². The summed E-state index contributed by atoms with van der Waals surface area (Å²) in [5, 5.41) is 0. The Bertz CT molecular complexity index is 1050. The molecule has 0 fully saturated rings. The molecule has 1 aromatic carbocycles. The number of hydrogen-bond acceptors (Lipinski definition) is 4. The molecule has 0 unspecified atom stereocenters. The Morgan fingerprint density at radius 1 is 1.16 bits per heavy atom. The Hall–Kier alpha value is -3.35. The molecule has 0 saturated carbocycles. The van der Waals surface area contributed by atoms with Gasteiger partial charge in [-0.05, 0) is 30.2 Å². The van der Waals surface area contributed by atoms with Crippen LogP contribution in [0.5, 0.6) is 0 Å². The number of hydrogen-bond donors (Lipinski definition) is 1. The lowest BCUT2D eigenvalue weighted by molar-refractivity contribution is 0.0986. The summed E-state index contributed by atoms with van der Waals surface area (Å²) in [6.07, 6.45) is 3.39. The number of anilines is 1. The predicted molar refractivity (Wildman–Crippen MR) is 91.0 cm³/mol. The second-order valence-corrected chi connectivity index (χ2v) is 5.81. The van der Waals surface area contributed by atoms with Gasteiger partial charge in [-0.3, -0.25) is 14.2 Å². The fourth-order valence-corrected chi connectivity index (χ4v) is 3.06. The lowest BCUT2D eigenvalue weighted by Gasteiger charge is -2.17. The van der Waals surface area contributed by atoms with Crippen LogP contribution in [0.3, 0.4) is 0 Å². The molecule has 3 aromatic rings. The molecule has 1 aliphatic heterocycles. The molecule has 3 heterocycles. The number of H-pyrrole nitrogens is 1. The molecule has 0 atom stereocenters. The van der Waals surface area contributed by atoms with Gasteiger partial charge in [0.25, 0.3) is 11.5 Å². The van der Waals surface area contributed by atoms with Gasteiger partial charge in [0, 0.05) is 18.4 Å². The highest BCUT2D eigenvalue weighted by molar-refractivity contribution is 6.06. The molecule has 126 valence electrons. The van der Waals surface area contributed by atoms with Gasteiger partial charge < -0.3 is 14.3 Å². The van der Waals surface area contributed by atoms with Crippen LogP contribution in [0.2, 0.25) is 0 Å². The minimum atomic E-state index is -0.630. The number of rotatable bonds is 3. The molecule has 1 N–H and O–H groups in total. The SMILES string of the molecule is O=C(c1c[nH]c(=O)n(Cc2ccco2)c1=O)N1CCc2ccccc21. The van der Waals surface area contributed by atoms with Crippen LogP contribution in [0.25, 0.3) is 0 Å². The van der Waals surface area contributed by atoms with E-state index in [2.05, 4.69) is 4.98 Å². The molecule has 1 aliphatic rings. The normalized spacial score (nSPS) is 13.0. The van der Waals surface area contributed by atoms with Gasteiger partial charge in [-0.2, -0.15) is 0 Å². The first kappa shape index (κ1) is 15.2. The largest absolute Gasteiger partial charge is 0.467 e. The van der Waals surface area contributed by atoms with Crippen molar-refractivity contribution in [3.63, 3.8) is 0 Å². The fourth-order valence-electron chi connectivity index (χ4n) is 3.06. The van der Waals surface area contributed by atoms with Crippen LogP contribution < -0.4 is 16.1 Å². The van der Waals surface area contributed by atoms with Crippen LogP contribution >= 0.6 is 0 Å². The van der Waals surface area contributed by atoms with Crippen LogP contribution in [0.4, 0.5) is 5.69 Å². The lowest BCUT2D eigenvalue weighted by Crippen LogP contribution is -2.41. The molecular formula is C18H15N3O4. The zero-order valence-electron chi connectivity index (χ0n) is 13.3. The minimum Gasteiger partial charge on any atom is -0.467 e. The van der Waals surface area contributed by atoms with Gasteiger partial charge >= 0.3 is 5.69 Å². The van der Waals surface area contributed by atoms with Gasteiger partial charge in [0.15, 0.2) is 0 Å². The summed E-state index contributed by atoms with van der Waals surface area (Å²) >= 11 is 0. The maximum Gasteiger partial charge on any atom is 0.328 e. The number of para-hydroxylation sites is 1. The van der Waals surface area contributed by atoms with Gasteiger partial charge in [0.05, 0.1) is 12.8 Å². The Morgan fingerprint density at radius 2 is 2.00 bits per heavy atom. The van der Waals surface area contributed by atoms with Crippen LogP contribution in [0.1, 0.15) is 21.7 Å². The monoisotopic (exact) mass is 337 g/mol. The minimum absolute atomic E-state index is 0.0289. The van der Waals surface area contributed by atoms with E-state index in [0.29, 0.717) is 12.3 Å². The van der Waals surface area contributed by atoms with Crippen LogP contribution in [-0.4, -0.2) is 22.0 Å². The summed E-state index contributed by atoms with van der Waals surface area (Å²) in [5.74, 6) is 0.0445. The molecule has 0 aliphatic carbocycles. The van der Waals surface area contributed by atoms with Crippen molar-refractivity contribution in [2.75, 3.05) is 11.4 Å². The van der Waals surface area contributed by atoms with E-state index in [9.17, 15) is 14.4 Å². The second-order valence-electron chi connectivity index (χ2n) is 5.81. The number of aromatic nitrogens is 2. The smallest absolute Gasteiger partial charge is 0.328 e. The molecule has 7 nitrogen and oxygen atoms in total. The average Bonchev–Trinajstić information content (AvgIpc) is 3.27. The van der Waals surface area contributed by atoms with Crippen LogP contribution in [0, 0.1) is 0 Å². The third kappa shape index (κ3) is 2.59. The molecular weight excluding hydrogens is 322 g/mol. The van der Waals surface area contributed by atoms with E-state index in [1.165, 1.54) is 12.5 Å². The Kier molecular flexibility index (Phi) is 3.61. The zero-order valence-corrected chi connectivity index (χ0v) is 13.3. The number of carbonyl (C=O) groups excluding carboxylic acids is 1. The number of carbonyl (C=O) groups is 1. The summed E-state index contributed by atoms with van der Waals surface area (Å²) in [4.78, 5) is 41.6. The van der Waals surface area contributed by atoms with Gasteiger partial charge in [-0.15, -0.1) is 0 Å². The van der Waals surface area contributed by atoms with Crippen molar-refractivity contribution in [3.05, 3.63) is 86.6 Å². The highest BCUT2D eigenvalue weighted by Crippen LogP contribution is 2.28. The number of nitrogens with one attached hydrogen (secondary N) is 1. The summed E-state index contributed by atoms with van der Waals surface area (Å²) in [6, 6.07) is 10.9. The Labute approximate surface area is 142 Å². The van der Waals surface area contributed by atoms with E-state index in [0.717, 1.165) is 22.2 Å². The molecule has 7 heteroatoms. The molecule has 0 saturated heterocycles. The number of benzene rings is 1. The molecule has 25 heavy (non-hydrogen) atoms. The topological polar surface area (TPSA) is 88.3 Å². The molecule has 4 rings (SSSR count). The predicted octanol–water partition coefficient (Wildman–Crippen LogP) is 1.38. The van der Waals surface area contributed by atoms with Crippen LogP contribution in [0.15, 0.2) is 62.9 Å². The molecule has 2 aromatic heterocycles. The summed E-state index contributed by atoms with van der Waals surface area (Å²) in [6.45, 7) is 0.480. The zero-order chi connectivity index (χ0) is 17.4. The first-order valence-corrected chi connectivity index (χ1v) is 7.90. The standard InChI is InChI=1S/C18H15N3O4/c22-16(20-8-7-12-4-1-2-6-15(12)20)14-10-19-18(24)21(17(14)23)11-13-5-3-9-25-13/h1-6,9-10H,7-8,11H2,(H,19,24). The van der Waals surface area contributed by atoms with E-state index in [1.807, 2.05) is 24.3 Å². The Morgan fingerprint density at radius 3 is 2.80 bits per heavy atom. The van der Waals surface area contributed by atoms with Crippen molar-refractivity contribution >= 4 is 11.6 Å². The highest BCUT2D eigenvalue weighted by Gasteiger charge is 2.27. The van der Waals surface area contributed by atoms with Crippen molar-refractivity contribution < 1.29 is 9.21 Å². The van der Waals surface area contributed by atoms with E-state index in [-0.39, 0.29) is 12.1 Å². The lowest BCUT2D eigenvalue weighted by atomic mass is 10.2. The number of aromatic amines is 1. The van der Waals surface area contributed by atoms with Crippen molar-refractivity contribution in [2.24, 2.45) is 0 Å². The third-order valence-electron chi connectivity index (χ3n) is 4.32. The van der Waals surface area contributed by atoms with Gasteiger partial charge in [0.2, 0.25) is 0 Å². The first-order valence-electron chi connectivity index (χ1n) is 7.90. The number of furan rings is 1. The van der Waals surface area contributed by atoms with E-state index >= 15 is 0 Å². The van der Waals surface area contributed by atoms with E-state index in [4.69, 9.17) is 4.42 Å². The number of nitrogens with zero attached hydrogens (tertiary/aromatic N) is 2. The van der Waals surface area contributed by atoms with E-state index in [1.54, 1.807) is 17.0 Å². The van der Waals surface area contributed by atoms with Crippen molar-refractivity contribution in [3.8, 4) is 0 Å². The maximum absolute atomic E-state index is 12.9. The van der Waals surface area contributed by atoms with Gasteiger partial charge in [-0.25, -0.2) is 4.79 Å². The summed E-state index contributed by atoms with van der Waals surface area (Å²) in [7, 11) is 0. The van der Waals surface area contributed by atoms with Crippen molar-refractivity contribution in [1.29, 1.82) is 0 Å². The van der Waals surface area contributed by atoms with Crippen molar-refractivity contribution in [2.45, 2.75) is 13.0 Å². The number of fused-ring (bicyclic) bond motifs is 1. The fraction of sp³-hybridized carbons (Fsp3) is 0.167. The summed E-state index contributed by atoms with van der Waals surface area (Å²) in [5.41, 5.74) is 0.587. The molecule has 0 bridgehead atoms.